The largest absolute Gasteiger partial charge is 0.507 e. The maximum Gasteiger partial charge on any atom is 0.332 e. The number of aromatic nitrogens is 4. The summed E-state index contributed by atoms with van der Waals surface area (Å²) >= 11 is 6.53. The third-order valence-corrected chi connectivity index (χ3v) is 7.10. The molecule has 0 spiro atoms. The van der Waals surface area contributed by atoms with Crippen LogP contribution in [0.1, 0.15) is 12.8 Å². The average Bonchev–Trinajstić information content (AvgIpc) is 3.63. The van der Waals surface area contributed by atoms with Gasteiger partial charge in [0.25, 0.3) is 0 Å². The van der Waals surface area contributed by atoms with Crippen molar-refractivity contribution in [1.82, 2.24) is 19.1 Å². The molecule has 0 unspecified atom stereocenters. The van der Waals surface area contributed by atoms with Crippen LogP contribution in [0.15, 0.2) is 66.0 Å². The van der Waals surface area contributed by atoms with Crippen LogP contribution in [0.2, 0.25) is 5.02 Å². The molecule has 3 aromatic carbocycles. The average molecular weight is 504 g/mol. The van der Waals surface area contributed by atoms with E-state index in [1.54, 1.807) is 44.0 Å². The highest BCUT2D eigenvalue weighted by Crippen LogP contribution is 2.42. The molecular weight excluding hydrogens is 481 g/mol. The number of phenols is 1. The molecule has 0 bridgehead atoms. The lowest BCUT2D eigenvalue weighted by molar-refractivity contribution is 0.477. The maximum absolute atomic E-state index is 14.9. The van der Waals surface area contributed by atoms with Gasteiger partial charge >= 0.3 is 5.69 Å². The standard InChI is InChI=1S/C27H23ClFN5O2/c1-32-8-9-34(27(32)36)23-5-4-16(10-21(23)28)19-13-18(29)14-20(26(19)35)17-11-22-25(31-15-30-22)24(12-17)33-6-2-3-7-33/h4-5,8-15,35H,2-3,6-7H2,1H3,(H,30,31). The maximum atomic E-state index is 14.9. The van der Waals surface area contributed by atoms with E-state index in [4.69, 9.17) is 11.6 Å². The lowest BCUT2D eigenvalue weighted by atomic mass is 9.96. The number of hydrogen-bond donors (Lipinski definition) is 2. The van der Waals surface area contributed by atoms with Crippen molar-refractivity contribution in [2.45, 2.75) is 12.8 Å². The van der Waals surface area contributed by atoms with Gasteiger partial charge in [-0.1, -0.05) is 17.7 Å². The van der Waals surface area contributed by atoms with E-state index in [1.165, 1.54) is 21.3 Å². The highest BCUT2D eigenvalue weighted by molar-refractivity contribution is 6.32. The van der Waals surface area contributed by atoms with Gasteiger partial charge in [-0.3, -0.25) is 4.57 Å². The van der Waals surface area contributed by atoms with Crippen molar-refractivity contribution in [3.05, 3.63) is 82.5 Å². The number of rotatable bonds is 4. The Morgan fingerprint density at radius 3 is 2.44 bits per heavy atom. The molecule has 2 aromatic heterocycles. The zero-order valence-electron chi connectivity index (χ0n) is 19.5. The van der Waals surface area contributed by atoms with Gasteiger partial charge in [-0.2, -0.15) is 0 Å². The molecule has 9 heteroatoms. The van der Waals surface area contributed by atoms with Crippen molar-refractivity contribution in [2.75, 3.05) is 18.0 Å². The second-order valence-electron chi connectivity index (χ2n) is 9.07. The minimum absolute atomic E-state index is 0.0525. The number of hydrogen-bond acceptors (Lipinski definition) is 4. The first-order valence-electron chi connectivity index (χ1n) is 11.7. The van der Waals surface area contributed by atoms with Gasteiger partial charge in [0.2, 0.25) is 0 Å². The van der Waals surface area contributed by atoms with Crippen molar-refractivity contribution in [1.29, 1.82) is 0 Å². The molecule has 0 radical (unpaired) electrons. The van der Waals surface area contributed by atoms with Gasteiger partial charge in [-0.15, -0.1) is 0 Å². The quantitative estimate of drug-likeness (QED) is 0.340. The molecule has 2 N–H and O–H groups in total. The number of aromatic amines is 1. The Balaban J connectivity index is 1.47. The molecule has 1 aliphatic rings. The van der Waals surface area contributed by atoms with E-state index in [0.717, 1.165) is 42.7 Å². The number of aromatic hydroxyl groups is 1. The summed E-state index contributed by atoms with van der Waals surface area (Å²) in [5.41, 5.74) is 4.82. The zero-order valence-corrected chi connectivity index (χ0v) is 20.3. The highest BCUT2D eigenvalue weighted by Gasteiger charge is 2.21. The third kappa shape index (κ3) is 3.65. The van der Waals surface area contributed by atoms with Crippen molar-refractivity contribution in [3.8, 4) is 33.7 Å². The van der Waals surface area contributed by atoms with E-state index in [9.17, 15) is 14.3 Å². The van der Waals surface area contributed by atoms with E-state index in [2.05, 4.69) is 14.9 Å². The van der Waals surface area contributed by atoms with Crippen LogP contribution in [0, 0.1) is 5.82 Å². The highest BCUT2D eigenvalue weighted by atomic mass is 35.5. The number of halogens is 2. The number of nitrogens with one attached hydrogen (secondary N) is 1. The normalized spacial score (nSPS) is 13.7. The van der Waals surface area contributed by atoms with E-state index < -0.39 is 5.82 Å². The molecule has 1 fully saturated rings. The molecule has 0 amide bonds. The Bertz CT molecular complexity index is 1680. The molecule has 3 heterocycles. The van der Waals surface area contributed by atoms with Crippen molar-refractivity contribution >= 4 is 28.3 Å². The van der Waals surface area contributed by atoms with Gasteiger partial charge in [0, 0.05) is 43.7 Å². The Hall–Kier alpha value is -4.04. The number of benzene rings is 3. The summed E-state index contributed by atoms with van der Waals surface area (Å²) in [4.78, 5) is 22.2. The topological polar surface area (TPSA) is 79.1 Å². The fourth-order valence-electron chi connectivity index (χ4n) is 4.94. The Kier molecular flexibility index (Phi) is 5.34. The number of phenolic OH excluding ortho intramolecular Hbond substituents is 1. The fourth-order valence-corrected chi connectivity index (χ4v) is 5.21. The first-order valence-corrected chi connectivity index (χ1v) is 12.1. The van der Waals surface area contributed by atoms with Crippen LogP contribution in [-0.4, -0.2) is 37.3 Å². The van der Waals surface area contributed by atoms with Crippen molar-refractivity contribution in [2.24, 2.45) is 7.05 Å². The van der Waals surface area contributed by atoms with Gasteiger partial charge in [-0.25, -0.2) is 14.2 Å². The Morgan fingerprint density at radius 1 is 1.00 bits per heavy atom. The number of fused-ring (bicyclic) bond motifs is 1. The number of H-pyrrole nitrogens is 1. The molecule has 0 saturated carbocycles. The summed E-state index contributed by atoms with van der Waals surface area (Å²) in [7, 11) is 1.66. The van der Waals surface area contributed by atoms with Gasteiger partial charge in [0.15, 0.2) is 0 Å². The molecule has 0 atom stereocenters. The predicted molar refractivity (Wildman–Crippen MR) is 140 cm³/mol. The summed E-state index contributed by atoms with van der Waals surface area (Å²) < 4.78 is 17.8. The summed E-state index contributed by atoms with van der Waals surface area (Å²) in [5.74, 6) is -0.534. The summed E-state index contributed by atoms with van der Waals surface area (Å²) in [5, 5.41) is 11.6. The predicted octanol–water partition coefficient (Wildman–Crippen LogP) is 5.48. The SMILES string of the molecule is Cn1ccn(-c2ccc(-c3cc(F)cc(-c4cc(N5CCCC5)c5nc[nH]c5c4)c3O)cc2Cl)c1=O. The van der Waals surface area contributed by atoms with Crippen LogP contribution >= 0.6 is 11.6 Å². The molecule has 1 saturated heterocycles. The summed E-state index contributed by atoms with van der Waals surface area (Å²) in [6.07, 6.45) is 7.13. The lowest BCUT2D eigenvalue weighted by Gasteiger charge is -2.20. The molecule has 36 heavy (non-hydrogen) atoms. The number of imidazole rings is 2. The van der Waals surface area contributed by atoms with Gasteiger partial charge in [-0.05, 0) is 60.4 Å². The minimum atomic E-state index is -0.482. The molecule has 1 aliphatic heterocycles. The number of nitrogens with zero attached hydrogens (tertiary/aromatic N) is 4. The van der Waals surface area contributed by atoms with E-state index >= 15 is 0 Å². The van der Waals surface area contributed by atoms with Crippen LogP contribution in [0.25, 0.3) is 39.0 Å². The molecule has 0 aliphatic carbocycles. The molecule has 5 aromatic rings. The fraction of sp³-hybridized carbons (Fsp3) is 0.185. The molecule has 6 rings (SSSR count). The van der Waals surface area contributed by atoms with Crippen molar-refractivity contribution in [3.63, 3.8) is 0 Å². The van der Waals surface area contributed by atoms with Crippen LogP contribution in [0.5, 0.6) is 5.75 Å². The second kappa shape index (κ2) is 8.57. The molecule has 182 valence electrons. The van der Waals surface area contributed by atoms with Gasteiger partial charge < -0.3 is 19.6 Å². The number of aryl methyl sites for hydroxylation is 1. The molecular formula is C27H23ClFN5O2. The van der Waals surface area contributed by atoms with Crippen LogP contribution < -0.4 is 10.6 Å². The Morgan fingerprint density at radius 2 is 1.75 bits per heavy atom. The van der Waals surface area contributed by atoms with Crippen LogP contribution in [0.3, 0.4) is 0 Å². The van der Waals surface area contributed by atoms with E-state index in [-0.39, 0.29) is 11.4 Å². The summed E-state index contributed by atoms with van der Waals surface area (Å²) in [6, 6.07) is 11.5. The lowest BCUT2D eigenvalue weighted by Crippen LogP contribution is -2.20. The summed E-state index contributed by atoms with van der Waals surface area (Å²) in [6.45, 7) is 1.86. The monoisotopic (exact) mass is 503 g/mol. The van der Waals surface area contributed by atoms with Crippen LogP contribution in [-0.2, 0) is 7.05 Å². The first-order chi connectivity index (χ1) is 17.4. The zero-order chi connectivity index (χ0) is 25.0. The second-order valence-corrected chi connectivity index (χ2v) is 9.47. The van der Waals surface area contributed by atoms with Gasteiger partial charge in [0.05, 0.1) is 28.2 Å². The van der Waals surface area contributed by atoms with Crippen LogP contribution in [0.4, 0.5) is 10.1 Å². The number of anilines is 1. The molecule has 7 nitrogen and oxygen atoms in total. The third-order valence-electron chi connectivity index (χ3n) is 6.80. The Labute approximate surface area is 211 Å². The first kappa shape index (κ1) is 22.4. The minimum Gasteiger partial charge on any atom is -0.507 e. The van der Waals surface area contributed by atoms with Crippen molar-refractivity contribution < 1.29 is 9.50 Å². The van der Waals surface area contributed by atoms with Gasteiger partial charge in [0.1, 0.15) is 17.1 Å². The smallest absolute Gasteiger partial charge is 0.332 e. The van der Waals surface area contributed by atoms with E-state index in [0.29, 0.717) is 33.0 Å². The van der Waals surface area contributed by atoms with E-state index in [1.807, 2.05) is 12.1 Å².